The van der Waals surface area contributed by atoms with Crippen molar-refractivity contribution in [1.29, 1.82) is 0 Å². The Labute approximate surface area is 135 Å². The molecule has 2 aromatic rings. The summed E-state index contributed by atoms with van der Waals surface area (Å²) in [5.41, 5.74) is 1.19. The largest absolute Gasteiger partial charge is 0.483 e. The van der Waals surface area contributed by atoms with Gasteiger partial charge in [-0.1, -0.05) is 6.92 Å². The Bertz CT molecular complexity index is 541. The number of hydrogen-bond donors (Lipinski definition) is 1. The van der Waals surface area contributed by atoms with Crippen LogP contribution in [0.5, 0.6) is 5.75 Å². The van der Waals surface area contributed by atoms with Crippen LogP contribution in [-0.2, 0) is 13.2 Å². The second kappa shape index (κ2) is 7.71. The number of benzene rings is 1. The van der Waals surface area contributed by atoms with Crippen LogP contribution in [0.2, 0.25) is 0 Å². The molecule has 6 heteroatoms. The van der Waals surface area contributed by atoms with E-state index < -0.39 is 0 Å². The van der Waals surface area contributed by atoms with Crippen molar-refractivity contribution in [2.45, 2.75) is 20.1 Å². The number of nitrogens with zero attached hydrogens (tertiary/aromatic N) is 2. The highest BCUT2D eigenvalue weighted by atomic mass is 79.9. The molecule has 2 rings (SSSR count). The maximum atomic E-state index is 5.77. The van der Waals surface area contributed by atoms with Gasteiger partial charge in [-0.25, -0.2) is 9.97 Å². The molecule has 20 heavy (non-hydrogen) atoms. The lowest BCUT2D eigenvalue weighted by Gasteiger charge is -2.12. The fraction of sp³-hybridized carbons (Fsp3) is 0.286. The van der Waals surface area contributed by atoms with Crippen molar-refractivity contribution in [3.8, 4) is 5.75 Å². The van der Waals surface area contributed by atoms with Gasteiger partial charge < -0.3 is 10.1 Å². The van der Waals surface area contributed by atoms with Gasteiger partial charge in [-0.2, -0.15) is 0 Å². The highest BCUT2D eigenvalue weighted by molar-refractivity contribution is 9.11. The SMILES string of the molecule is CCNCc1cc(Br)c(OCc2ncccn2)c(Br)c1. The molecule has 0 saturated carbocycles. The maximum Gasteiger partial charge on any atom is 0.166 e. The average Bonchev–Trinajstić information content (AvgIpc) is 2.45. The van der Waals surface area contributed by atoms with Crippen LogP contribution in [0.4, 0.5) is 0 Å². The van der Waals surface area contributed by atoms with E-state index in [9.17, 15) is 0 Å². The molecule has 1 aromatic heterocycles. The molecule has 0 spiro atoms. The molecule has 0 radical (unpaired) electrons. The van der Waals surface area contributed by atoms with Crippen molar-refractivity contribution in [3.63, 3.8) is 0 Å². The summed E-state index contributed by atoms with van der Waals surface area (Å²) >= 11 is 7.08. The van der Waals surface area contributed by atoms with Crippen molar-refractivity contribution < 1.29 is 4.74 Å². The standard InChI is InChI=1S/C14H15Br2N3O/c1-2-17-8-10-6-11(15)14(12(16)7-10)20-9-13-18-4-3-5-19-13/h3-7,17H,2,8-9H2,1H3. The van der Waals surface area contributed by atoms with Gasteiger partial charge in [0.1, 0.15) is 12.4 Å². The van der Waals surface area contributed by atoms with Crippen LogP contribution in [0, 0.1) is 0 Å². The summed E-state index contributed by atoms with van der Waals surface area (Å²) in [5, 5.41) is 3.29. The molecule has 1 N–H and O–H groups in total. The van der Waals surface area contributed by atoms with Crippen molar-refractivity contribution in [2.24, 2.45) is 0 Å². The quantitative estimate of drug-likeness (QED) is 0.803. The van der Waals surface area contributed by atoms with Crippen molar-refractivity contribution in [2.75, 3.05) is 6.54 Å². The van der Waals surface area contributed by atoms with Gasteiger partial charge in [0.2, 0.25) is 0 Å². The monoisotopic (exact) mass is 399 g/mol. The lowest BCUT2D eigenvalue weighted by atomic mass is 10.2. The van der Waals surface area contributed by atoms with Crippen LogP contribution in [0.3, 0.4) is 0 Å². The van der Waals surface area contributed by atoms with Crippen LogP contribution in [0.25, 0.3) is 0 Å². The second-order valence-electron chi connectivity index (χ2n) is 4.12. The molecule has 0 aliphatic rings. The van der Waals surface area contributed by atoms with E-state index in [1.54, 1.807) is 18.5 Å². The fourth-order valence-electron chi connectivity index (χ4n) is 1.66. The normalized spacial score (nSPS) is 10.6. The minimum Gasteiger partial charge on any atom is -0.483 e. The zero-order chi connectivity index (χ0) is 14.4. The van der Waals surface area contributed by atoms with E-state index in [1.165, 1.54) is 5.56 Å². The summed E-state index contributed by atoms with van der Waals surface area (Å²) in [5.74, 6) is 1.42. The van der Waals surface area contributed by atoms with E-state index in [-0.39, 0.29) is 0 Å². The van der Waals surface area contributed by atoms with E-state index in [4.69, 9.17) is 4.74 Å². The topological polar surface area (TPSA) is 47.0 Å². The number of hydrogen-bond acceptors (Lipinski definition) is 4. The molecule has 1 heterocycles. The predicted octanol–water partition coefficient (Wildman–Crippen LogP) is 3.69. The number of rotatable bonds is 6. The first-order valence-electron chi connectivity index (χ1n) is 6.28. The molecule has 0 unspecified atom stereocenters. The summed E-state index contributed by atoms with van der Waals surface area (Å²) in [7, 11) is 0. The Morgan fingerprint density at radius 1 is 1.15 bits per heavy atom. The Morgan fingerprint density at radius 3 is 2.40 bits per heavy atom. The summed E-state index contributed by atoms with van der Waals surface area (Å²) < 4.78 is 7.60. The molecular weight excluding hydrogens is 386 g/mol. The number of nitrogens with one attached hydrogen (secondary N) is 1. The van der Waals surface area contributed by atoms with Crippen LogP contribution < -0.4 is 10.1 Å². The van der Waals surface area contributed by atoms with Gasteiger partial charge in [0.05, 0.1) is 8.95 Å². The summed E-state index contributed by atoms with van der Waals surface area (Å²) in [4.78, 5) is 8.27. The summed E-state index contributed by atoms with van der Waals surface area (Å²) in [6.07, 6.45) is 3.41. The number of ether oxygens (including phenoxy) is 1. The average molecular weight is 401 g/mol. The molecule has 1 aromatic carbocycles. The Hall–Kier alpha value is -0.980. The highest BCUT2D eigenvalue weighted by Gasteiger charge is 2.09. The molecule has 0 aliphatic heterocycles. The lowest BCUT2D eigenvalue weighted by molar-refractivity contribution is 0.292. The van der Waals surface area contributed by atoms with Gasteiger partial charge in [0.25, 0.3) is 0 Å². The van der Waals surface area contributed by atoms with Gasteiger partial charge in [-0.3, -0.25) is 0 Å². The molecule has 0 aliphatic carbocycles. The van der Waals surface area contributed by atoms with E-state index in [0.717, 1.165) is 27.8 Å². The molecule has 0 fully saturated rings. The first-order valence-corrected chi connectivity index (χ1v) is 7.86. The molecule has 0 saturated heterocycles. The third kappa shape index (κ3) is 4.26. The van der Waals surface area contributed by atoms with Crippen LogP contribution in [0.15, 0.2) is 39.5 Å². The van der Waals surface area contributed by atoms with Gasteiger partial charge in [-0.05, 0) is 62.2 Å². The molecule has 0 bridgehead atoms. The first kappa shape index (κ1) is 15.4. The zero-order valence-corrected chi connectivity index (χ0v) is 14.2. The zero-order valence-electron chi connectivity index (χ0n) is 11.1. The van der Waals surface area contributed by atoms with Gasteiger partial charge >= 0.3 is 0 Å². The molecule has 106 valence electrons. The predicted molar refractivity (Wildman–Crippen MR) is 85.6 cm³/mol. The van der Waals surface area contributed by atoms with Gasteiger partial charge in [-0.15, -0.1) is 0 Å². The first-order chi connectivity index (χ1) is 9.70. The van der Waals surface area contributed by atoms with Gasteiger partial charge in [0.15, 0.2) is 5.82 Å². The summed E-state index contributed by atoms with van der Waals surface area (Å²) in [6, 6.07) is 5.88. The fourth-order valence-corrected chi connectivity index (χ4v) is 3.17. The minimum absolute atomic E-state index is 0.338. The van der Waals surface area contributed by atoms with Crippen molar-refractivity contribution in [3.05, 3.63) is 50.9 Å². The molecule has 0 atom stereocenters. The molecular formula is C14H15Br2N3O. The van der Waals surface area contributed by atoms with Crippen LogP contribution >= 0.6 is 31.9 Å². The van der Waals surface area contributed by atoms with Crippen molar-refractivity contribution in [1.82, 2.24) is 15.3 Å². The molecule has 0 amide bonds. The Balaban J connectivity index is 2.08. The van der Waals surface area contributed by atoms with E-state index in [1.807, 2.05) is 0 Å². The Morgan fingerprint density at radius 2 is 1.80 bits per heavy atom. The highest BCUT2D eigenvalue weighted by Crippen LogP contribution is 2.35. The number of aromatic nitrogens is 2. The lowest BCUT2D eigenvalue weighted by Crippen LogP contribution is -2.11. The van der Waals surface area contributed by atoms with Crippen LogP contribution in [0.1, 0.15) is 18.3 Å². The Kier molecular flexibility index (Phi) is 5.94. The van der Waals surface area contributed by atoms with Crippen LogP contribution in [-0.4, -0.2) is 16.5 Å². The maximum absolute atomic E-state index is 5.77. The second-order valence-corrected chi connectivity index (χ2v) is 5.83. The number of halogens is 2. The van der Waals surface area contributed by atoms with Gasteiger partial charge in [0, 0.05) is 18.9 Å². The molecule has 4 nitrogen and oxygen atoms in total. The summed E-state index contributed by atoms with van der Waals surface area (Å²) in [6.45, 7) is 4.20. The minimum atomic E-state index is 0.338. The smallest absolute Gasteiger partial charge is 0.166 e. The third-order valence-corrected chi connectivity index (χ3v) is 3.78. The van der Waals surface area contributed by atoms with E-state index >= 15 is 0 Å². The van der Waals surface area contributed by atoms with E-state index in [0.29, 0.717) is 12.4 Å². The van der Waals surface area contributed by atoms with Crippen molar-refractivity contribution >= 4 is 31.9 Å². The van der Waals surface area contributed by atoms with E-state index in [2.05, 4.69) is 66.2 Å². The third-order valence-electron chi connectivity index (χ3n) is 2.60.